The quantitative estimate of drug-likeness (QED) is 0.860. The fraction of sp³-hybridized carbons (Fsp3) is 0.364. The first kappa shape index (κ1) is 19.1. The lowest BCUT2D eigenvalue weighted by atomic mass is 9.97. The number of ether oxygens (including phenoxy) is 2. The molecule has 1 saturated heterocycles. The lowest BCUT2D eigenvalue weighted by Gasteiger charge is -2.46. The van der Waals surface area contributed by atoms with Crippen molar-refractivity contribution in [2.75, 3.05) is 38.0 Å². The Labute approximate surface area is 170 Å². The topological polar surface area (TPSA) is 71.1 Å². The number of nitrogens with one attached hydrogen (secondary N) is 1. The number of amides is 2. The molecule has 2 aliphatic rings. The van der Waals surface area contributed by atoms with Gasteiger partial charge in [0, 0.05) is 30.9 Å². The summed E-state index contributed by atoms with van der Waals surface area (Å²) < 4.78 is 10.5. The molecule has 2 heterocycles. The van der Waals surface area contributed by atoms with Crippen LogP contribution in [0.5, 0.6) is 11.5 Å². The third kappa shape index (κ3) is 3.37. The Bertz CT molecular complexity index is 959. The minimum atomic E-state index is -0.244. The summed E-state index contributed by atoms with van der Waals surface area (Å²) in [7, 11) is 5.10. The minimum Gasteiger partial charge on any atom is -0.493 e. The maximum atomic E-state index is 12.9. The monoisotopic (exact) mass is 395 g/mol. The molecule has 0 aliphatic carbocycles. The van der Waals surface area contributed by atoms with Crippen LogP contribution in [0.1, 0.15) is 40.0 Å². The normalized spacial score (nSPS) is 18.0. The fourth-order valence-electron chi connectivity index (χ4n) is 4.13. The molecule has 0 saturated carbocycles. The number of carbonyl (C=O) groups excluding carboxylic acids is 2. The molecule has 4 rings (SSSR count). The van der Waals surface area contributed by atoms with Gasteiger partial charge in [-0.15, -0.1) is 0 Å². The van der Waals surface area contributed by atoms with Crippen molar-refractivity contribution in [3.8, 4) is 11.5 Å². The van der Waals surface area contributed by atoms with E-state index >= 15 is 0 Å². The molecule has 2 aliphatic heterocycles. The van der Waals surface area contributed by atoms with E-state index in [9.17, 15) is 9.59 Å². The van der Waals surface area contributed by atoms with Crippen molar-refractivity contribution < 1.29 is 19.1 Å². The van der Waals surface area contributed by atoms with Gasteiger partial charge in [0.1, 0.15) is 6.17 Å². The molecule has 1 unspecified atom stereocenters. The number of anilines is 2. The molecule has 0 aromatic heterocycles. The third-order valence-electron chi connectivity index (χ3n) is 5.69. The Morgan fingerprint density at radius 2 is 1.86 bits per heavy atom. The van der Waals surface area contributed by atoms with Crippen LogP contribution in [-0.2, 0) is 0 Å². The highest BCUT2D eigenvalue weighted by atomic mass is 16.5. The van der Waals surface area contributed by atoms with Crippen molar-refractivity contribution in [2.24, 2.45) is 0 Å². The second-order valence-corrected chi connectivity index (χ2v) is 7.34. The molecule has 152 valence electrons. The Morgan fingerprint density at radius 3 is 2.62 bits per heavy atom. The maximum absolute atomic E-state index is 12.9. The highest BCUT2D eigenvalue weighted by Crippen LogP contribution is 2.35. The molecular weight excluding hydrogens is 370 g/mol. The fourth-order valence-corrected chi connectivity index (χ4v) is 4.13. The van der Waals surface area contributed by atoms with E-state index in [0.717, 1.165) is 31.5 Å². The molecule has 1 N–H and O–H groups in total. The van der Waals surface area contributed by atoms with E-state index in [0.29, 0.717) is 28.3 Å². The van der Waals surface area contributed by atoms with Gasteiger partial charge in [-0.05, 0) is 49.6 Å². The summed E-state index contributed by atoms with van der Waals surface area (Å²) in [6.07, 6.45) is 3.15. The molecule has 0 bridgehead atoms. The number of benzene rings is 2. The summed E-state index contributed by atoms with van der Waals surface area (Å²) in [5.74, 6) is 0.941. The number of fused-ring (bicyclic) bond motifs is 2. The zero-order chi connectivity index (χ0) is 20.5. The van der Waals surface area contributed by atoms with Crippen LogP contribution in [-0.4, -0.2) is 50.7 Å². The van der Waals surface area contributed by atoms with E-state index in [-0.39, 0.29) is 18.0 Å². The second kappa shape index (κ2) is 7.66. The lowest BCUT2D eigenvalue weighted by Crippen LogP contribution is -2.55. The standard InChI is InChI=1S/C22H25N3O4/c1-24-17-12-14(7-9-16(17)22(27)25-11-5-4-6-20(24)25)21(26)23-15-8-10-18(28-2)19(13-15)29-3/h7-10,12-13,20H,4-6,11H2,1-3H3,(H,23,26). The van der Waals surface area contributed by atoms with Gasteiger partial charge in [-0.1, -0.05) is 0 Å². The van der Waals surface area contributed by atoms with Gasteiger partial charge in [-0.25, -0.2) is 0 Å². The van der Waals surface area contributed by atoms with Crippen LogP contribution in [0.3, 0.4) is 0 Å². The smallest absolute Gasteiger partial charge is 0.257 e. The number of rotatable bonds is 4. The first-order valence-corrected chi connectivity index (χ1v) is 9.74. The molecule has 0 radical (unpaired) electrons. The van der Waals surface area contributed by atoms with Crippen LogP contribution in [0.4, 0.5) is 11.4 Å². The van der Waals surface area contributed by atoms with E-state index in [4.69, 9.17) is 9.47 Å². The molecular formula is C22H25N3O4. The number of methoxy groups -OCH3 is 2. The molecule has 1 fully saturated rings. The lowest BCUT2D eigenvalue weighted by molar-refractivity contribution is 0.0589. The van der Waals surface area contributed by atoms with Crippen molar-refractivity contribution in [1.29, 1.82) is 0 Å². The van der Waals surface area contributed by atoms with Gasteiger partial charge >= 0.3 is 0 Å². The highest BCUT2D eigenvalue weighted by Gasteiger charge is 2.37. The molecule has 7 nitrogen and oxygen atoms in total. The van der Waals surface area contributed by atoms with Crippen LogP contribution in [0, 0.1) is 0 Å². The minimum absolute atomic E-state index is 0.0506. The SMILES string of the molecule is COc1ccc(NC(=O)c2ccc3c(c2)N(C)C2CCCCN2C3=O)cc1OC. The van der Waals surface area contributed by atoms with Crippen LogP contribution in [0.25, 0.3) is 0 Å². The van der Waals surface area contributed by atoms with Crippen molar-refractivity contribution in [1.82, 2.24) is 4.90 Å². The third-order valence-corrected chi connectivity index (χ3v) is 5.69. The Kier molecular flexibility index (Phi) is 5.05. The highest BCUT2D eigenvalue weighted by molar-refractivity contribution is 6.08. The predicted octanol–water partition coefficient (Wildman–Crippen LogP) is 3.36. The Balaban J connectivity index is 1.60. The van der Waals surface area contributed by atoms with Gasteiger partial charge in [0.15, 0.2) is 11.5 Å². The summed E-state index contributed by atoms with van der Waals surface area (Å²) in [6, 6.07) is 10.5. The molecule has 7 heteroatoms. The Hall–Kier alpha value is -3.22. The van der Waals surface area contributed by atoms with Gasteiger partial charge in [0.25, 0.3) is 11.8 Å². The predicted molar refractivity (Wildman–Crippen MR) is 111 cm³/mol. The van der Waals surface area contributed by atoms with Crippen LogP contribution >= 0.6 is 0 Å². The van der Waals surface area contributed by atoms with Crippen molar-refractivity contribution in [3.63, 3.8) is 0 Å². The summed E-state index contributed by atoms with van der Waals surface area (Å²) in [5, 5.41) is 2.89. The zero-order valence-electron chi connectivity index (χ0n) is 16.9. The molecule has 29 heavy (non-hydrogen) atoms. The van der Waals surface area contributed by atoms with E-state index in [2.05, 4.69) is 10.2 Å². The summed E-state index contributed by atoms with van der Waals surface area (Å²) >= 11 is 0. The van der Waals surface area contributed by atoms with Gasteiger partial charge in [-0.2, -0.15) is 0 Å². The van der Waals surface area contributed by atoms with Gasteiger partial charge in [-0.3, -0.25) is 9.59 Å². The van der Waals surface area contributed by atoms with E-state index < -0.39 is 0 Å². The Morgan fingerprint density at radius 1 is 1.07 bits per heavy atom. The molecule has 0 spiro atoms. The molecule has 1 atom stereocenters. The van der Waals surface area contributed by atoms with Crippen molar-refractivity contribution in [2.45, 2.75) is 25.4 Å². The second-order valence-electron chi connectivity index (χ2n) is 7.34. The van der Waals surface area contributed by atoms with Crippen LogP contribution in [0.2, 0.25) is 0 Å². The van der Waals surface area contributed by atoms with Gasteiger partial charge in [0.2, 0.25) is 0 Å². The van der Waals surface area contributed by atoms with E-state index in [1.54, 1.807) is 50.6 Å². The average Bonchev–Trinajstić information content (AvgIpc) is 2.77. The van der Waals surface area contributed by atoms with E-state index in [1.165, 1.54) is 0 Å². The molecule has 2 amide bonds. The number of piperidine rings is 1. The summed E-state index contributed by atoms with van der Waals surface area (Å²) in [4.78, 5) is 29.8. The van der Waals surface area contributed by atoms with Crippen molar-refractivity contribution >= 4 is 23.2 Å². The zero-order valence-corrected chi connectivity index (χ0v) is 16.9. The number of hydrogen-bond acceptors (Lipinski definition) is 5. The average molecular weight is 395 g/mol. The molecule has 2 aromatic rings. The summed E-state index contributed by atoms with van der Waals surface area (Å²) in [5.41, 5.74) is 2.56. The van der Waals surface area contributed by atoms with Crippen LogP contribution in [0.15, 0.2) is 36.4 Å². The van der Waals surface area contributed by atoms with Crippen molar-refractivity contribution in [3.05, 3.63) is 47.5 Å². The summed E-state index contributed by atoms with van der Waals surface area (Å²) in [6.45, 7) is 0.787. The first-order chi connectivity index (χ1) is 14.0. The molecule has 2 aromatic carbocycles. The number of nitrogens with zero attached hydrogens (tertiary/aromatic N) is 2. The maximum Gasteiger partial charge on any atom is 0.257 e. The largest absolute Gasteiger partial charge is 0.493 e. The number of hydrogen-bond donors (Lipinski definition) is 1. The van der Waals surface area contributed by atoms with Gasteiger partial charge in [0.05, 0.1) is 25.5 Å². The van der Waals surface area contributed by atoms with Gasteiger partial charge < -0.3 is 24.6 Å². The van der Waals surface area contributed by atoms with Crippen LogP contribution < -0.4 is 19.7 Å². The van der Waals surface area contributed by atoms with E-state index in [1.807, 2.05) is 11.9 Å². The number of carbonyl (C=O) groups is 2. The first-order valence-electron chi connectivity index (χ1n) is 9.74.